The Kier molecular flexibility index (Phi) is 1.63. The molecule has 0 aliphatic heterocycles. The highest BCUT2D eigenvalue weighted by molar-refractivity contribution is 5.81. The van der Waals surface area contributed by atoms with Gasteiger partial charge in [0.05, 0.1) is 0 Å². The quantitative estimate of drug-likeness (QED) is 0.669. The van der Waals surface area contributed by atoms with E-state index < -0.39 is 0 Å². The molecule has 2 heterocycles. The average molecular weight is 186 g/mol. The Hall–Kier alpha value is -1.31. The van der Waals surface area contributed by atoms with Crippen molar-refractivity contribution < 1.29 is 0 Å². The molecule has 1 saturated carbocycles. The first kappa shape index (κ1) is 8.04. The van der Waals surface area contributed by atoms with Gasteiger partial charge in [-0.15, -0.1) is 0 Å². The van der Waals surface area contributed by atoms with Crippen molar-refractivity contribution in [3.8, 4) is 0 Å². The number of fused-ring (bicyclic) bond motifs is 1. The van der Waals surface area contributed by atoms with Gasteiger partial charge in [0.25, 0.3) is 0 Å². The molecule has 0 amide bonds. The van der Waals surface area contributed by atoms with Crippen LogP contribution >= 0.6 is 0 Å². The molecule has 2 nitrogen and oxygen atoms in total. The van der Waals surface area contributed by atoms with E-state index in [0.29, 0.717) is 0 Å². The summed E-state index contributed by atoms with van der Waals surface area (Å²) in [5.74, 6) is 0.794. The summed E-state index contributed by atoms with van der Waals surface area (Å²) < 4.78 is 2.14. The van der Waals surface area contributed by atoms with Crippen LogP contribution in [0, 0.1) is 0 Å². The SMILES string of the molecule is Cn1cc(C2CCC2)c2cccnc21. The van der Waals surface area contributed by atoms with Crippen LogP contribution in [-0.2, 0) is 7.05 Å². The zero-order valence-corrected chi connectivity index (χ0v) is 8.40. The van der Waals surface area contributed by atoms with Gasteiger partial charge in [0, 0.05) is 24.8 Å². The zero-order valence-electron chi connectivity index (χ0n) is 8.40. The van der Waals surface area contributed by atoms with Crippen LogP contribution in [0.2, 0.25) is 0 Å². The first-order chi connectivity index (χ1) is 6.86. The molecule has 0 N–H and O–H groups in total. The normalized spacial score (nSPS) is 17.2. The molecule has 1 fully saturated rings. The second-order valence-corrected chi connectivity index (χ2v) is 4.20. The molecule has 0 radical (unpaired) electrons. The third-order valence-electron chi connectivity index (χ3n) is 3.31. The Morgan fingerprint density at radius 1 is 1.43 bits per heavy atom. The van der Waals surface area contributed by atoms with Gasteiger partial charge in [-0.05, 0) is 36.5 Å². The lowest BCUT2D eigenvalue weighted by atomic mass is 9.80. The van der Waals surface area contributed by atoms with Crippen molar-refractivity contribution in [3.05, 3.63) is 30.1 Å². The number of pyridine rings is 1. The molecule has 3 rings (SSSR count). The van der Waals surface area contributed by atoms with Gasteiger partial charge in [0.1, 0.15) is 5.65 Å². The molecular formula is C12H14N2. The number of hydrogen-bond acceptors (Lipinski definition) is 1. The summed E-state index contributed by atoms with van der Waals surface area (Å²) in [6.45, 7) is 0. The maximum atomic E-state index is 4.41. The number of hydrogen-bond donors (Lipinski definition) is 0. The van der Waals surface area contributed by atoms with Crippen molar-refractivity contribution in [1.29, 1.82) is 0 Å². The molecule has 2 aromatic heterocycles. The van der Waals surface area contributed by atoms with Crippen LogP contribution in [0.1, 0.15) is 30.7 Å². The Labute approximate surface area is 83.6 Å². The lowest BCUT2D eigenvalue weighted by Crippen LogP contribution is -2.07. The van der Waals surface area contributed by atoms with E-state index in [4.69, 9.17) is 0 Å². The van der Waals surface area contributed by atoms with Gasteiger partial charge in [0.15, 0.2) is 0 Å². The van der Waals surface area contributed by atoms with Crippen LogP contribution in [0.15, 0.2) is 24.5 Å². The minimum atomic E-state index is 0.794. The Morgan fingerprint density at radius 2 is 2.29 bits per heavy atom. The Morgan fingerprint density at radius 3 is 3.00 bits per heavy atom. The summed E-state index contributed by atoms with van der Waals surface area (Å²) >= 11 is 0. The van der Waals surface area contributed by atoms with Gasteiger partial charge >= 0.3 is 0 Å². The zero-order chi connectivity index (χ0) is 9.54. The predicted molar refractivity (Wildman–Crippen MR) is 57.3 cm³/mol. The summed E-state index contributed by atoms with van der Waals surface area (Å²) in [6.07, 6.45) is 8.22. The molecule has 2 heteroatoms. The highest BCUT2D eigenvalue weighted by atomic mass is 15.0. The predicted octanol–water partition coefficient (Wildman–Crippen LogP) is 2.84. The molecule has 0 bridgehead atoms. The standard InChI is InChI=1S/C12H14N2/c1-14-8-11(9-4-2-5-9)10-6-3-7-13-12(10)14/h3,6-9H,2,4-5H2,1H3. The second kappa shape index (κ2) is 2.84. The first-order valence-corrected chi connectivity index (χ1v) is 5.26. The van der Waals surface area contributed by atoms with E-state index in [2.05, 4.69) is 28.9 Å². The number of aryl methyl sites for hydroxylation is 1. The minimum absolute atomic E-state index is 0.794. The van der Waals surface area contributed by atoms with Crippen molar-refractivity contribution in [1.82, 2.24) is 9.55 Å². The van der Waals surface area contributed by atoms with Crippen LogP contribution in [0.5, 0.6) is 0 Å². The third kappa shape index (κ3) is 0.999. The second-order valence-electron chi connectivity index (χ2n) is 4.20. The molecule has 0 spiro atoms. The minimum Gasteiger partial charge on any atom is -0.335 e. The van der Waals surface area contributed by atoms with Crippen LogP contribution in [0.3, 0.4) is 0 Å². The summed E-state index contributed by atoms with van der Waals surface area (Å²) in [5.41, 5.74) is 2.62. The fourth-order valence-corrected chi connectivity index (χ4v) is 2.29. The van der Waals surface area contributed by atoms with Gasteiger partial charge in [-0.25, -0.2) is 4.98 Å². The average Bonchev–Trinajstić information content (AvgIpc) is 2.43. The van der Waals surface area contributed by atoms with Gasteiger partial charge in [-0.1, -0.05) is 6.42 Å². The van der Waals surface area contributed by atoms with Crippen LogP contribution in [0.4, 0.5) is 0 Å². The molecule has 72 valence electrons. The summed E-state index contributed by atoms with van der Waals surface area (Å²) in [5, 5.41) is 1.35. The smallest absolute Gasteiger partial charge is 0.139 e. The summed E-state index contributed by atoms with van der Waals surface area (Å²) in [7, 11) is 2.08. The third-order valence-corrected chi connectivity index (χ3v) is 3.31. The van der Waals surface area contributed by atoms with E-state index in [1.807, 2.05) is 12.3 Å². The van der Waals surface area contributed by atoms with Gasteiger partial charge < -0.3 is 4.57 Å². The fourth-order valence-electron chi connectivity index (χ4n) is 2.29. The molecule has 1 aliphatic carbocycles. The maximum Gasteiger partial charge on any atom is 0.139 e. The lowest BCUT2D eigenvalue weighted by molar-refractivity contribution is 0.421. The first-order valence-electron chi connectivity index (χ1n) is 5.26. The highest BCUT2D eigenvalue weighted by Gasteiger charge is 2.23. The van der Waals surface area contributed by atoms with E-state index in [0.717, 1.165) is 11.6 Å². The van der Waals surface area contributed by atoms with E-state index in [1.54, 1.807) is 0 Å². The van der Waals surface area contributed by atoms with Gasteiger partial charge in [-0.3, -0.25) is 0 Å². The summed E-state index contributed by atoms with van der Waals surface area (Å²) in [4.78, 5) is 4.41. The van der Waals surface area contributed by atoms with Crippen molar-refractivity contribution in [2.75, 3.05) is 0 Å². The number of nitrogens with zero attached hydrogens (tertiary/aromatic N) is 2. The topological polar surface area (TPSA) is 17.8 Å². The number of aromatic nitrogens is 2. The molecule has 0 atom stereocenters. The molecule has 0 saturated heterocycles. The molecule has 14 heavy (non-hydrogen) atoms. The van der Waals surface area contributed by atoms with Crippen molar-refractivity contribution in [3.63, 3.8) is 0 Å². The molecular weight excluding hydrogens is 172 g/mol. The van der Waals surface area contributed by atoms with Crippen molar-refractivity contribution in [2.24, 2.45) is 7.05 Å². The molecule has 0 aromatic carbocycles. The van der Waals surface area contributed by atoms with Crippen molar-refractivity contribution >= 4 is 11.0 Å². The van der Waals surface area contributed by atoms with E-state index >= 15 is 0 Å². The van der Waals surface area contributed by atoms with E-state index in [9.17, 15) is 0 Å². The highest BCUT2D eigenvalue weighted by Crippen LogP contribution is 2.39. The number of rotatable bonds is 1. The van der Waals surface area contributed by atoms with Crippen LogP contribution < -0.4 is 0 Å². The van der Waals surface area contributed by atoms with Gasteiger partial charge in [0.2, 0.25) is 0 Å². The van der Waals surface area contributed by atoms with Crippen molar-refractivity contribution in [2.45, 2.75) is 25.2 Å². The molecule has 1 aliphatic rings. The maximum absolute atomic E-state index is 4.41. The largest absolute Gasteiger partial charge is 0.335 e. The lowest BCUT2D eigenvalue weighted by Gasteiger charge is -2.24. The monoisotopic (exact) mass is 186 g/mol. The van der Waals surface area contributed by atoms with E-state index in [-0.39, 0.29) is 0 Å². The Balaban J connectivity index is 2.23. The Bertz CT molecular complexity index is 466. The van der Waals surface area contributed by atoms with Crippen LogP contribution in [0.25, 0.3) is 11.0 Å². The molecule has 0 unspecified atom stereocenters. The fraction of sp³-hybridized carbons (Fsp3) is 0.417. The van der Waals surface area contributed by atoms with Crippen LogP contribution in [-0.4, -0.2) is 9.55 Å². The summed E-state index contributed by atoms with van der Waals surface area (Å²) in [6, 6.07) is 4.22. The van der Waals surface area contributed by atoms with E-state index in [1.165, 1.54) is 30.2 Å². The van der Waals surface area contributed by atoms with Gasteiger partial charge in [-0.2, -0.15) is 0 Å². The molecule has 2 aromatic rings.